The number of amides is 2. The highest BCUT2D eigenvalue weighted by Crippen LogP contribution is 2.33. The molecule has 5 nitrogen and oxygen atoms in total. The zero-order chi connectivity index (χ0) is 23.4. The molecule has 2 aromatic rings. The van der Waals surface area contributed by atoms with E-state index >= 15 is 0 Å². The van der Waals surface area contributed by atoms with Crippen molar-refractivity contribution in [2.45, 2.75) is 60.0 Å². The number of rotatable bonds is 9. The van der Waals surface area contributed by atoms with Crippen molar-refractivity contribution in [3.63, 3.8) is 0 Å². The van der Waals surface area contributed by atoms with Crippen molar-refractivity contribution in [3.05, 3.63) is 70.4 Å². The van der Waals surface area contributed by atoms with Gasteiger partial charge in [0.15, 0.2) is 0 Å². The SMILES string of the molecule is Cc1ccc(C2=C(Nc3ccc(C(C)C)cc3)C(=O)N(CCCOC(C)C)C2=O)c(C)c1. The van der Waals surface area contributed by atoms with Crippen LogP contribution in [-0.4, -0.2) is 36.0 Å². The van der Waals surface area contributed by atoms with Crippen LogP contribution in [0.4, 0.5) is 5.69 Å². The highest BCUT2D eigenvalue weighted by atomic mass is 16.5. The average molecular weight is 435 g/mol. The molecule has 5 heteroatoms. The molecule has 2 aromatic carbocycles. The normalized spacial score (nSPS) is 14.3. The van der Waals surface area contributed by atoms with E-state index in [-0.39, 0.29) is 17.9 Å². The second kappa shape index (κ2) is 10.1. The van der Waals surface area contributed by atoms with Crippen molar-refractivity contribution in [3.8, 4) is 0 Å². The summed E-state index contributed by atoms with van der Waals surface area (Å²) in [5.41, 5.74) is 5.66. The lowest BCUT2D eigenvalue weighted by molar-refractivity contribution is -0.137. The van der Waals surface area contributed by atoms with E-state index in [2.05, 4.69) is 19.2 Å². The Labute approximate surface area is 191 Å². The molecule has 32 heavy (non-hydrogen) atoms. The Kier molecular flexibility index (Phi) is 7.52. The van der Waals surface area contributed by atoms with Gasteiger partial charge in [-0.25, -0.2) is 0 Å². The molecule has 1 aliphatic heterocycles. The number of carbonyl (C=O) groups excluding carboxylic acids is 2. The molecule has 0 radical (unpaired) electrons. The van der Waals surface area contributed by atoms with Crippen LogP contribution in [0.3, 0.4) is 0 Å². The lowest BCUT2D eigenvalue weighted by Crippen LogP contribution is -2.34. The summed E-state index contributed by atoms with van der Waals surface area (Å²) in [5.74, 6) is -0.123. The smallest absolute Gasteiger partial charge is 0.278 e. The van der Waals surface area contributed by atoms with Crippen molar-refractivity contribution in [1.82, 2.24) is 4.90 Å². The minimum absolute atomic E-state index is 0.120. The van der Waals surface area contributed by atoms with Gasteiger partial charge in [-0.05, 0) is 68.9 Å². The summed E-state index contributed by atoms with van der Waals surface area (Å²) in [6, 6.07) is 14.0. The minimum atomic E-state index is -0.289. The van der Waals surface area contributed by atoms with Gasteiger partial charge >= 0.3 is 0 Å². The highest BCUT2D eigenvalue weighted by molar-refractivity contribution is 6.36. The first-order valence-corrected chi connectivity index (χ1v) is 11.4. The molecule has 170 valence electrons. The Hall–Kier alpha value is -2.92. The van der Waals surface area contributed by atoms with Gasteiger partial charge in [-0.1, -0.05) is 49.7 Å². The van der Waals surface area contributed by atoms with E-state index in [4.69, 9.17) is 4.74 Å². The van der Waals surface area contributed by atoms with E-state index in [1.807, 2.05) is 70.2 Å². The minimum Gasteiger partial charge on any atom is -0.379 e. The average Bonchev–Trinajstić information content (AvgIpc) is 2.95. The van der Waals surface area contributed by atoms with Crippen LogP contribution in [0.1, 0.15) is 62.3 Å². The van der Waals surface area contributed by atoms with Gasteiger partial charge in [0.1, 0.15) is 5.70 Å². The van der Waals surface area contributed by atoms with E-state index in [0.717, 1.165) is 22.4 Å². The summed E-state index contributed by atoms with van der Waals surface area (Å²) in [6.45, 7) is 13.1. The van der Waals surface area contributed by atoms with Crippen molar-refractivity contribution >= 4 is 23.1 Å². The number of hydrogen-bond donors (Lipinski definition) is 1. The van der Waals surface area contributed by atoms with Crippen LogP contribution in [0, 0.1) is 13.8 Å². The number of nitrogens with zero attached hydrogens (tertiary/aromatic N) is 1. The van der Waals surface area contributed by atoms with E-state index < -0.39 is 0 Å². The number of anilines is 1. The third-order valence-electron chi connectivity index (χ3n) is 5.64. The lowest BCUT2D eigenvalue weighted by Gasteiger charge is -2.16. The molecule has 1 N–H and O–H groups in total. The van der Waals surface area contributed by atoms with Crippen LogP contribution in [0.25, 0.3) is 5.57 Å². The summed E-state index contributed by atoms with van der Waals surface area (Å²) in [6.07, 6.45) is 0.724. The Morgan fingerprint density at radius 2 is 1.62 bits per heavy atom. The van der Waals surface area contributed by atoms with Gasteiger partial charge in [-0.2, -0.15) is 0 Å². The fourth-order valence-corrected chi connectivity index (χ4v) is 3.88. The molecule has 0 saturated carbocycles. The van der Waals surface area contributed by atoms with Crippen LogP contribution in [0.2, 0.25) is 0 Å². The molecule has 0 unspecified atom stereocenters. The molecule has 1 heterocycles. The second-order valence-corrected chi connectivity index (χ2v) is 9.01. The Balaban J connectivity index is 1.93. The first-order valence-electron chi connectivity index (χ1n) is 11.4. The zero-order valence-electron chi connectivity index (χ0n) is 20.0. The van der Waals surface area contributed by atoms with Crippen LogP contribution in [0.15, 0.2) is 48.2 Å². The Bertz CT molecular complexity index is 1020. The monoisotopic (exact) mass is 434 g/mol. The standard InChI is InChI=1S/C27H34N2O3/c1-17(2)21-9-11-22(12-10-21)28-25-24(23-13-8-19(5)16-20(23)6)26(30)29(27(25)31)14-7-15-32-18(3)4/h8-13,16-18,28H,7,14-15H2,1-6H3. The number of ether oxygens (including phenoxy) is 1. The second-order valence-electron chi connectivity index (χ2n) is 9.01. The maximum absolute atomic E-state index is 13.4. The van der Waals surface area contributed by atoms with Gasteiger partial charge < -0.3 is 10.1 Å². The number of aryl methyl sites for hydroxylation is 2. The quantitative estimate of drug-likeness (QED) is 0.422. The summed E-state index contributed by atoms with van der Waals surface area (Å²) < 4.78 is 5.59. The predicted octanol–water partition coefficient (Wildman–Crippen LogP) is 5.43. The van der Waals surface area contributed by atoms with Crippen molar-refractivity contribution in [2.75, 3.05) is 18.5 Å². The summed E-state index contributed by atoms with van der Waals surface area (Å²) in [7, 11) is 0. The van der Waals surface area contributed by atoms with Crippen LogP contribution < -0.4 is 5.32 Å². The van der Waals surface area contributed by atoms with E-state index in [0.29, 0.717) is 36.8 Å². The number of hydrogen-bond acceptors (Lipinski definition) is 4. The fourth-order valence-electron chi connectivity index (χ4n) is 3.88. The highest BCUT2D eigenvalue weighted by Gasteiger charge is 2.39. The van der Waals surface area contributed by atoms with E-state index in [1.54, 1.807) is 0 Å². The molecule has 0 spiro atoms. The molecule has 0 aliphatic carbocycles. The Morgan fingerprint density at radius 3 is 2.22 bits per heavy atom. The molecule has 1 aliphatic rings. The zero-order valence-corrected chi connectivity index (χ0v) is 20.0. The molecule has 0 fully saturated rings. The molecule has 0 atom stereocenters. The van der Waals surface area contributed by atoms with Crippen molar-refractivity contribution in [2.24, 2.45) is 0 Å². The van der Waals surface area contributed by atoms with Gasteiger partial charge in [-0.3, -0.25) is 14.5 Å². The summed E-state index contributed by atoms with van der Waals surface area (Å²) in [4.78, 5) is 28.1. The maximum atomic E-state index is 13.4. The van der Waals surface area contributed by atoms with E-state index in [1.165, 1.54) is 10.5 Å². The van der Waals surface area contributed by atoms with Gasteiger partial charge in [0.05, 0.1) is 11.7 Å². The molecule has 0 bridgehead atoms. The lowest BCUT2D eigenvalue weighted by atomic mass is 9.97. The van der Waals surface area contributed by atoms with Gasteiger partial charge in [0.2, 0.25) is 0 Å². The van der Waals surface area contributed by atoms with E-state index in [9.17, 15) is 9.59 Å². The molecule has 3 rings (SSSR count). The number of imide groups is 1. The van der Waals surface area contributed by atoms with Crippen LogP contribution in [0.5, 0.6) is 0 Å². The Morgan fingerprint density at radius 1 is 0.938 bits per heavy atom. The van der Waals surface area contributed by atoms with Crippen LogP contribution in [-0.2, 0) is 14.3 Å². The fraction of sp³-hybridized carbons (Fsp3) is 0.407. The third kappa shape index (κ3) is 5.28. The molecular formula is C27H34N2O3. The molecule has 2 amide bonds. The third-order valence-corrected chi connectivity index (χ3v) is 5.64. The van der Waals surface area contributed by atoms with Gasteiger partial charge in [-0.15, -0.1) is 0 Å². The number of carbonyl (C=O) groups is 2. The van der Waals surface area contributed by atoms with Crippen LogP contribution >= 0.6 is 0 Å². The van der Waals surface area contributed by atoms with Crippen molar-refractivity contribution in [1.29, 1.82) is 0 Å². The predicted molar refractivity (Wildman–Crippen MR) is 129 cm³/mol. The van der Waals surface area contributed by atoms with Gasteiger partial charge in [0, 0.05) is 18.8 Å². The first kappa shape index (κ1) is 23.7. The number of nitrogens with one attached hydrogen (secondary N) is 1. The topological polar surface area (TPSA) is 58.6 Å². The molecular weight excluding hydrogens is 400 g/mol. The summed E-state index contributed by atoms with van der Waals surface area (Å²) in [5, 5.41) is 3.25. The summed E-state index contributed by atoms with van der Waals surface area (Å²) >= 11 is 0. The maximum Gasteiger partial charge on any atom is 0.278 e. The van der Waals surface area contributed by atoms with Crippen molar-refractivity contribution < 1.29 is 14.3 Å². The van der Waals surface area contributed by atoms with Gasteiger partial charge in [0.25, 0.3) is 11.8 Å². The largest absolute Gasteiger partial charge is 0.379 e. The molecule has 0 aromatic heterocycles. The number of benzene rings is 2. The molecule has 0 saturated heterocycles. The first-order chi connectivity index (χ1) is 15.2.